The second-order valence-corrected chi connectivity index (χ2v) is 9.03. The van der Waals surface area contributed by atoms with Crippen molar-refractivity contribution in [3.05, 3.63) is 28.8 Å². The molecule has 0 unspecified atom stereocenters. The summed E-state index contributed by atoms with van der Waals surface area (Å²) in [5, 5.41) is 6.12. The number of carbonyl (C=O) groups is 3. The maximum Gasteiger partial charge on any atom is 0.410 e. The van der Waals surface area contributed by atoms with Gasteiger partial charge in [0, 0.05) is 30.2 Å². The highest BCUT2D eigenvalue weighted by Crippen LogP contribution is 2.35. The second-order valence-electron chi connectivity index (χ2n) is 8.63. The maximum absolute atomic E-state index is 12.2. The second kappa shape index (κ2) is 8.61. The third-order valence-electron chi connectivity index (χ3n) is 5.17. The maximum atomic E-state index is 12.2. The van der Waals surface area contributed by atoms with E-state index in [2.05, 4.69) is 10.6 Å². The monoisotopic (exact) mass is 421 g/mol. The number of imide groups is 1. The van der Waals surface area contributed by atoms with Gasteiger partial charge in [0.2, 0.25) is 11.8 Å². The number of benzene rings is 1. The van der Waals surface area contributed by atoms with E-state index < -0.39 is 11.6 Å². The van der Waals surface area contributed by atoms with E-state index in [0.717, 1.165) is 24.1 Å². The summed E-state index contributed by atoms with van der Waals surface area (Å²) < 4.78 is 5.44. The molecule has 0 spiro atoms. The molecule has 8 heteroatoms. The summed E-state index contributed by atoms with van der Waals surface area (Å²) in [5.74, 6) is -0.277. The predicted octanol–water partition coefficient (Wildman–Crippen LogP) is 3.67. The van der Waals surface area contributed by atoms with Gasteiger partial charge in [-0.05, 0) is 63.6 Å². The van der Waals surface area contributed by atoms with Crippen LogP contribution < -0.4 is 10.6 Å². The fraction of sp³-hybridized carbons (Fsp3) is 0.571. The lowest BCUT2D eigenvalue weighted by atomic mass is 9.89. The molecular weight excluding hydrogens is 394 g/mol. The molecule has 3 amide bonds. The number of likely N-dealkylation sites (tertiary alicyclic amines) is 1. The van der Waals surface area contributed by atoms with Gasteiger partial charge in [-0.3, -0.25) is 14.9 Å². The minimum atomic E-state index is -0.497. The van der Waals surface area contributed by atoms with Crippen LogP contribution in [-0.2, 0) is 14.3 Å². The van der Waals surface area contributed by atoms with Crippen LogP contribution in [0.25, 0.3) is 0 Å². The van der Waals surface area contributed by atoms with Gasteiger partial charge in [0.25, 0.3) is 0 Å². The van der Waals surface area contributed by atoms with Crippen molar-refractivity contribution in [3.63, 3.8) is 0 Å². The summed E-state index contributed by atoms with van der Waals surface area (Å²) >= 11 is 6.53. The zero-order valence-corrected chi connectivity index (χ0v) is 17.8. The highest BCUT2D eigenvalue weighted by Gasteiger charge is 2.29. The van der Waals surface area contributed by atoms with Gasteiger partial charge in [-0.1, -0.05) is 17.7 Å². The van der Waals surface area contributed by atoms with Crippen molar-refractivity contribution >= 4 is 35.2 Å². The summed E-state index contributed by atoms with van der Waals surface area (Å²) in [5.41, 5.74) is 1.30. The van der Waals surface area contributed by atoms with Crippen molar-refractivity contribution in [2.75, 3.05) is 18.4 Å². The van der Waals surface area contributed by atoms with E-state index in [1.54, 1.807) is 4.90 Å². The molecular formula is C21H28ClN3O4. The fourth-order valence-corrected chi connectivity index (χ4v) is 4.01. The van der Waals surface area contributed by atoms with Crippen LogP contribution in [-0.4, -0.2) is 47.5 Å². The Morgan fingerprint density at radius 2 is 1.90 bits per heavy atom. The molecule has 2 fully saturated rings. The van der Waals surface area contributed by atoms with Crippen LogP contribution >= 0.6 is 11.6 Å². The zero-order chi connectivity index (χ0) is 21.2. The van der Waals surface area contributed by atoms with Crippen LogP contribution in [0.2, 0.25) is 5.02 Å². The van der Waals surface area contributed by atoms with Gasteiger partial charge in [-0.15, -0.1) is 0 Å². The molecule has 3 rings (SSSR count). The molecule has 0 radical (unpaired) electrons. The predicted molar refractivity (Wildman–Crippen MR) is 111 cm³/mol. The summed E-state index contributed by atoms with van der Waals surface area (Å²) in [4.78, 5) is 37.1. The Hall–Kier alpha value is -2.28. The van der Waals surface area contributed by atoms with Crippen LogP contribution in [0, 0.1) is 0 Å². The first-order chi connectivity index (χ1) is 13.6. The first-order valence-electron chi connectivity index (χ1n) is 10.00. The molecule has 2 saturated heterocycles. The first kappa shape index (κ1) is 21.4. The molecule has 158 valence electrons. The van der Waals surface area contributed by atoms with Crippen LogP contribution in [0.5, 0.6) is 0 Å². The Labute approximate surface area is 176 Å². The number of hydrogen-bond acceptors (Lipinski definition) is 5. The minimum Gasteiger partial charge on any atom is -0.444 e. The zero-order valence-electron chi connectivity index (χ0n) is 17.1. The van der Waals surface area contributed by atoms with E-state index in [-0.39, 0.29) is 23.8 Å². The Kier molecular flexibility index (Phi) is 6.36. The van der Waals surface area contributed by atoms with Gasteiger partial charge >= 0.3 is 6.09 Å². The van der Waals surface area contributed by atoms with Gasteiger partial charge in [-0.2, -0.15) is 0 Å². The lowest BCUT2D eigenvalue weighted by molar-refractivity contribution is -0.133. The molecule has 0 aromatic heterocycles. The average Bonchev–Trinajstić information content (AvgIpc) is 2.63. The van der Waals surface area contributed by atoms with Crippen molar-refractivity contribution < 1.29 is 19.1 Å². The number of hydrogen-bond donors (Lipinski definition) is 2. The molecule has 29 heavy (non-hydrogen) atoms. The Morgan fingerprint density at radius 3 is 2.48 bits per heavy atom. The van der Waals surface area contributed by atoms with Gasteiger partial charge in [0.15, 0.2) is 0 Å². The van der Waals surface area contributed by atoms with Gasteiger partial charge in [-0.25, -0.2) is 4.79 Å². The minimum absolute atomic E-state index is 0.237. The molecule has 1 aromatic carbocycles. The lowest BCUT2D eigenvalue weighted by Gasteiger charge is -2.34. The highest BCUT2D eigenvalue weighted by atomic mass is 35.5. The van der Waals surface area contributed by atoms with Gasteiger partial charge < -0.3 is 15.0 Å². The third-order valence-corrected chi connectivity index (χ3v) is 5.49. The number of amides is 3. The molecule has 1 aromatic rings. The number of nitrogens with one attached hydrogen (secondary N) is 2. The normalized spacial score (nSPS) is 21.0. The van der Waals surface area contributed by atoms with E-state index in [0.29, 0.717) is 31.0 Å². The smallest absolute Gasteiger partial charge is 0.410 e. The van der Waals surface area contributed by atoms with E-state index in [9.17, 15) is 14.4 Å². The molecule has 2 aliphatic heterocycles. The van der Waals surface area contributed by atoms with Crippen molar-refractivity contribution in [2.24, 2.45) is 0 Å². The molecule has 2 aliphatic rings. The number of rotatable bonds is 3. The van der Waals surface area contributed by atoms with Crippen molar-refractivity contribution in [1.82, 2.24) is 10.2 Å². The molecule has 1 atom stereocenters. The molecule has 0 bridgehead atoms. The summed E-state index contributed by atoms with van der Waals surface area (Å²) in [6.07, 6.45) is 2.15. The lowest BCUT2D eigenvalue weighted by Crippen LogP contribution is -2.47. The van der Waals surface area contributed by atoms with E-state index >= 15 is 0 Å². The summed E-state index contributed by atoms with van der Waals surface area (Å²) in [6.45, 7) is 6.85. The number of nitrogens with zero attached hydrogens (tertiary/aromatic N) is 1. The van der Waals surface area contributed by atoms with Crippen LogP contribution in [0.1, 0.15) is 57.9 Å². The number of anilines is 1. The highest BCUT2D eigenvalue weighted by molar-refractivity contribution is 6.31. The van der Waals surface area contributed by atoms with Crippen molar-refractivity contribution in [3.8, 4) is 0 Å². The van der Waals surface area contributed by atoms with Gasteiger partial charge in [0.1, 0.15) is 11.6 Å². The summed E-state index contributed by atoms with van der Waals surface area (Å²) in [7, 11) is 0. The molecule has 2 heterocycles. The number of carbonyl (C=O) groups excluding carboxylic acids is 3. The molecule has 2 N–H and O–H groups in total. The Bertz CT molecular complexity index is 798. The topological polar surface area (TPSA) is 87.7 Å². The largest absolute Gasteiger partial charge is 0.444 e. The molecule has 0 aliphatic carbocycles. The van der Waals surface area contributed by atoms with Crippen LogP contribution in [0.15, 0.2) is 18.2 Å². The first-order valence-corrected chi connectivity index (χ1v) is 10.4. The molecule has 7 nitrogen and oxygen atoms in total. The average molecular weight is 422 g/mol. The quantitative estimate of drug-likeness (QED) is 0.727. The molecule has 0 saturated carbocycles. The SMILES string of the molecule is CC(C)(C)OC(=O)N1CCC(c2ccc(N[C@H]3CCC(=O)NC3=O)cc2Cl)CC1. The van der Waals surface area contributed by atoms with E-state index in [1.165, 1.54) is 0 Å². The van der Waals surface area contributed by atoms with E-state index in [4.69, 9.17) is 16.3 Å². The number of piperidine rings is 2. The number of ether oxygens (including phenoxy) is 1. The Balaban J connectivity index is 1.58. The number of halogens is 1. The van der Waals surface area contributed by atoms with E-state index in [1.807, 2.05) is 39.0 Å². The van der Waals surface area contributed by atoms with Crippen LogP contribution in [0.4, 0.5) is 10.5 Å². The van der Waals surface area contributed by atoms with Crippen molar-refractivity contribution in [1.29, 1.82) is 0 Å². The summed E-state index contributed by atoms with van der Waals surface area (Å²) in [6, 6.07) is 5.27. The van der Waals surface area contributed by atoms with Gasteiger partial charge in [0.05, 0.1) is 0 Å². The third kappa shape index (κ3) is 5.63. The standard InChI is InChI=1S/C21H28ClN3O4/c1-21(2,3)29-20(28)25-10-8-13(9-11-25)15-5-4-14(12-16(15)22)23-17-6-7-18(26)24-19(17)27/h4-5,12-13,17,23H,6-11H2,1-3H3,(H,24,26,27)/t17-/m0/s1. The van der Waals surface area contributed by atoms with Crippen LogP contribution in [0.3, 0.4) is 0 Å². The fourth-order valence-electron chi connectivity index (χ4n) is 3.68. The Morgan fingerprint density at radius 1 is 1.21 bits per heavy atom. The van der Waals surface area contributed by atoms with Crippen molar-refractivity contribution in [2.45, 2.75) is 64.0 Å².